The standard InChI is InChI=1S/C14H19NO4/c1-18-11-6-3-7-12(19-2)13(11)14(17)15-8-4-5-10(16)9-15/h3,6-7,10,16H,4-5,8-9H2,1-2H3/t10-/m0/s1. The molecule has 0 aliphatic carbocycles. The van der Waals surface area contributed by atoms with Crippen LogP contribution in [0.2, 0.25) is 0 Å². The average molecular weight is 265 g/mol. The molecule has 1 aromatic carbocycles. The molecule has 1 aliphatic rings. The maximum Gasteiger partial charge on any atom is 0.261 e. The first kappa shape index (κ1) is 13.7. The van der Waals surface area contributed by atoms with Gasteiger partial charge in [-0.25, -0.2) is 0 Å². The Kier molecular flexibility index (Phi) is 4.27. The fourth-order valence-electron chi connectivity index (χ4n) is 2.36. The zero-order valence-corrected chi connectivity index (χ0v) is 11.3. The predicted molar refractivity (Wildman–Crippen MR) is 70.7 cm³/mol. The van der Waals surface area contributed by atoms with Crippen molar-refractivity contribution >= 4 is 5.91 Å². The summed E-state index contributed by atoms with van der Waals surface area (Å²) in [4.78, 5) is 14.2. The van der Waals surface area contributed by atoms with E-state index in [1.165, 1.54) is 14.2 Å². The number of ether oxygens (including phenoxy) is 2. The Hall–Kier alpha value is -1.75. The van der Waals surface area contributed by atoms with Gasteiger partial charge in [-0.3, -0.25) is 4.79 Å². The molecule has 1 saturated heterocycles. The molecule has 1 N–H and O–H groups in total. The van der Waals surface area contributed by atoms with Crippen LogP contribution in [0, 0.1) is 0 Å². The number of methoxy groups -OCH3 is 2. The Morgan fingerprint density at radius 3 is 2.47 bits per heavy atom. The molecule has 0 aromatic heterocycles. The van der Waals surface area contributed by atoms with Crippen LogP contribution in [0.5, 0.6) is 11.5 Å². The van der Waals surface area contributed by atoms with Crippen LogP contribution >= 0.6 is 0 Å². The van der Waals surface area contributed by atoms with Gasteiger partial charge in [0.15, 0.2) is 0 Å². The van der Waals surface area contributed by atoms with Gasteiger partial charge in [0.05, 0.1) is 20.3 Å². The van der Waals surface area contributed by atoms with Crippen molar-refractivity contribution in [2.24, 2.45) is 0 Å². The quantitative estimate of drug-likeness (QED) is 0.895. The zero-order chi connectivity index (χ0) is 13.8. The lowest BCUT2D eigenvalue weighted by Gasteiger charge is -2.30. The van der Waals surface area contributed by atoms with Crippen molar-refractivity contribution in [3.05, 3.63) is 23.8 Å². The van der Waals surface area contributed by atoms with Gasteiger partial charge in [0.2, 0.25) is 0 Å². The number of rotatable bonds is 3. The number of benzene rings is 1. The lowest BCUT2D eigenvalue weighted by Crippen LogP contribution is -2.42. The van der Waals surface area contributed by atoms with Gasteiger partial charge in [0, 0.05) is 13.1 Å². The maximum absolute atomic E-state index is 12.6. The number of hydrogen-bond acceptors (Lipinski definition) is 4. The maximum atomic E-state index is 12.6. The van der Waals surface area contributed by atoms with Gasteiger partial charge in [-0.2, -0.15) is 0 Å². The van der Waals surface area contributed by atoms with E-state index in [0.29, 0.717) is 30.2 Å². The van der Waals surface area contributed by atoms with Gasteiger partial charge < -0.3 is 19.5 Å². The van der Waals surface area contributed by atoms with E-state index in [1.807, 2.05) is 0 Å². The van der Waals surface area contributed by atoms with E-state index < -0.39 is 6.10 Å². The van der Waals surface area contributed by atoms with Crippen LogP contribution in [0.1, 0.15) is 23.2 Å². The van der Waals surface area contributed by atoms with Crippen molar-refractivity contribution in [3.8, 4) is 11.5 Å². The molecule has 19 heavy (non-hydrogen) atoms. The van der Waals surface area contributed by atoms with E-state index in [0.717, 1.165) is 12.8 Å². The van der Waals surface area contributed by atoms with Crippen LogP contribution in [0.3, 0.4) is 0 Å². The highest BCUT2D eigenvalue weighted by molar-refractivity contribution is 5.99. The van der Waals surface area contributed by atoms with Crippen molar-refractivity contribution < 1.29 is 19.4 Å². The lowest BCUT2D eigenvalue weighted by atomic mass is 10.1. The molecular weight excluding hydrogens is 246 g/mol. The summed E-state index contributed by atoms with van der Waals surface area (Å²) in [6.45, 7) is 1.01. The summed E-state index contributed by atoms with van der Waals surface area (Å²) >= 11 is 0. The predicted octanol–water partition coefficient (Wildman–Crippen LogP) is 1.30. The molecule has 1 fully saturated rings. The number of aliphatic hydroxyl groups is 1. The number of amides is 1. The molecule has 5 nitrogen and oxygen atoms in total. The first-order valence-electron chi connectivity index (χ1n) is 6.35. The number of β-amino-alcohol motifs (C(OH)–C–C–N with tert-alkyl or cyclic N) is 1. The third kappa shape index (κ3) is 2.81. The van der Waals surface area contributed by atoms with Gasteiger partial charge in [-0.15, -0.1) is 0 Å². The van der Waals surface area contributed by atoms with Crippen molar-refractivity contribution in [2.75, 3.05) is 27.3 Å². The number of piperidine rings is 1. The summed E-state index contributed by atoms with van der Waals surface area (Å²) in [5, 5.41) is 9.67. The van der Waals surface area contributed by atoms with Crippen molar-refractivity contribution in [1.82, 2.24) is 4.90 Å². The van der Waals surface area contributed by atoms with Crippen LogP contribution < -0.4 is 9.47 Å². The Morgan fingerprint density at radius 2 is 1.95 bits per heavy atom. The molecule has 0 bridgehead atoms. The highest BCUT2D eigenvalue weighted by atomic mass is 16.5. The number of carbonyl (C=O) groups is 1. The van der Waals surface area contributed by atoms with Crippen LogP contribution in [-0.2, 0) is 0 Å². The van der Waals surface area contributed by atoms with Crippen LogP contribution in [0.4, 0.5) is 0 Å². The summed E-state index contributed by atoms with van der Waals surface area (Å²) in [6.07, 6.45) is 1.11. The summed E-state index contributed by atoms with van der Waals surface area (Å²) in [7, 11) is 3.05. The van der Waals surface area contributed by atoms with E-state index in [4.69, 9.17) is 9.47 Å². The summed E-state index contributed by atoms with van der Waals surface area (Å²) in [6, 6.07) is 5.24. The molecule has 0 radical (unpaired) electrons. The van der Waals surface area contributed by atoms with Gasteiger partial charge in [0.1, 0.15) is 17.1 Å². The second kappa shape index (κ2) is 5.93. The number of hydrogen-bond donors (Lipinski definition) is 1. The van der Waals surface area contributed by atoms with Gasteiger partial charge in [0.25, 0.3) is 5.91 Å². The number of aliphatic hydroxyl groups excluding tert-OH is 1. The summed E-state index contributed by atoms with van der Waals surface area (Å²) < 4.78 is 10.5. The number of nitrogens with zero attached hydrogens (tertiary/aromatic N) is 1. The van der Waals surface area contributed by atoms with E-state index in [2.05, 4.69) is 0 Å². The molecule has 1 aliphatic heterocycles. The minimum Gasteiger partial charge on any atom is -0.496 e. The van der Waals surface area contributed by atoms with Crippen molar-refractivity contribution in [1.29, 1.82) is 0 Å². The summed E-state index contributed by atoms with van der Waals surface area (Å²) in [5.74, 6) is 0.821. The Morgan fingerprint density at radius 1 is 1.32 bits per heavy atom. The van der Waals surface area contributed by atoms with Gasteiger partial charge >= 0.3 is 0 Å². The Labute approximate surface area is 112 Å². The van der Waals surface area contributed by atoms with Gasteiger partial charge in [-0.05, 0) is 25.0 Å². The molecule has 0 spiro atoms. The van der Waals surface area contributed by atoms with E-state index >= 15 is 0 Å². The minimum absolute atomic E-state index is 0.159. The van der Waals surface area contributed by atoms with Crippen LogP contribution in [-0.4, -0.2) is 49.3 Å². The van der Waals surface area contributed by atoms with E-state index in [-0.39, 0.29) is 5.91 Å². The molecule has 1 atom stereocenters. The molecule has 0 unspecified atom stereocenters. The Balaban J connectivity index is 2.31. The average Bonchev–Trinajstić information content (AvgIpc) is 2.45. The molecule has 104 valence electrons. The van der Waals surface area contributed by atoms with Crippen molar-refractivity contribution in [2.45, 2.75) is 18.9 Å². The molecule has 1 heterocycles. The number of likely N-dealkylation sites (tertiary alicyclic amines) is 1. The minimum atomic E-state index is -0.446. The monoisotopic (exact) mass is 265 g/mol. The van der Waals surface area contributed by atoms with Gasteiger partial charge in [-0.1, -0.05) is 6.07 Å². The fourth-order valence-corrected chi connectivity index (χ4v) is 2.36. The normalized spacial score (nSPS) is 19.1. The molecule has 2 rings (SSSR count). The fraction of sp³-hybridized carbons (Fsp3) is 0.500. The number of carbonyl (C=O) groups excluding carboxylic acids is 1. The highest BCUT2D eigenvalue weighted by Crippen LogP contribution is 2.30. The van der Waals surface area contributed by atoms with Crippen molar-refractivity contribution in [3.63, 3.8) is 0 Å². The molecule has 1 aromatic rings. The molecule has 0 saturated carbocycles. The largest absolute Gasteiger partial charge is 0.496 e. The van der Waals surface area contributed by atoms with E-state index in [9.17, 15) is 9.90 Å². The lowest BCUT2D eigenvalue weighted by molar-refractivity contribution is 0.0468. The molecule has 5 heteroatoms. The molecule has 1 amide bonds. The highest BCUT2D eigenvalue weighted by Gasteiger charge is 2.27. The van der Waals surface area contributed by atoms with Crippen LogP contribution in [0.15, 0.2) is 18.2 Å². The third-order valence-electron chi connectivity index (χ3n) is 3.33. The Bertz CT molecular complexity index is 439. The molecular formula is C14H19NO4. The summed E-state index contributed by atoms with van der Waals surface area (Å²) in [5.41, 5.74) is 0.418. The first-order valence-corrected chi connectivity index (χ1v) is 6.35. The smallest absolute Gasteiger partial charge is 0.261 e. The van der Waals surface area contributed by atoms with Crippen LogP contribution in [0.25, 0.3) is 0 Å². The second-order valence-corrected chi connectivity index (χ2v) is 4.58. The van der Waals surface area contributed by atoms with E-state index in [1.54, 1.807) is 23.1 Å². The zero-order valence-electron chi connectivity index (χ0n) is 11.3. The topological polar surface area (TPSA) is 59.0 Å². The first-order chi connectivity index (χ1) is 9.17. The third-order valence-corrected chi connectivity index (χ3v) is 3.33. The SMILES string of the molecule is COc1cccc(OC)c1C(=O)N1CCC[C@H](O)C1. The second-order valence-electron chi connectivity index (χ2n) is 4.58.